The summed E-state index contributed by atoms with van der Waals surface area (Å²) in [7, 11) is 0. The molecule has 1 aromatic carbocycles. The van der Waals surface area contributed by atoms with E-state index >= 15 is 0 Å². The van der Waals surface area contributed by atoms with Crippen molar-refractivity contribution in [1.82, 2.24) is 10.6 Å². The number of thiophene rings is 1. The molecule has 3 rings (SSSR count). The highest BCUT2D eigenvalue weighted by atomic mass is 32.1. The molecule has 5 nitrogen and oxygen atoms in total. The van der Waals surface area contributed by atoms with Gasteiger partial charge in [-0.15, -0.1) is 11.3 Å². The van der Waals surface area contributed by atoms with Gasteiger partial charge in [0.05, 0.1) is 6.54 Å². The highest BCUT2D eigenvalue weighted by Gasteiger charge is 2.30. The molecule has 2 aromatic rings. The van der Waals surface area contributed by atoms with Gasteiger partial charge in [-0.05, 0) is 23.6 Å². The van der Waals surface area contributed by atoms with E-state index in [0.29, 0.717) is 26.1 Å². The van der Waals surface area contributed by atoms with Crippen LogP contribution in [0, 0.1) is 5.92 Å². The number of anilines is 1. The molecule has 1 saturated heterocycles. The molecule has 2 heterocycles. The Morgan fingerprint density at radius 1 is 1.17 bits per heavy atom. The zero-order valence-corrected chi connectivity index (χ0v) is 13.5. The van der Waals surface area contributed by atoms with Gasteiger partial charge in [-0.3, -0.25) is 4.79 Å². The van der Waals surface area contributed by atoms with E-state index in [4.69, 9.17) is 0 Å². The number of nitrogens with zero attached hydrogens (tertiary/aromatic N) is 1. The van der Waals surface area contributed by atoms with Crippen LogP contribution in [0.3, 0.4) is 0 Å². The number of rotatable bonds is 5. The lowest BCUT2D eigenvalue weighted by molar-refractivity contribution is -0.117. The molecule has 1 fully saturated rings. The number of hydrogen-bond donors (Lipinski definition) is 2. The fourth-order valence-corrected chi connectivity index (χ4v) is 3.30. The molecular formula is C17H19N3O2S. The van der Waals surface area contributed by atoms with Crippen molar-refractivity contribution in [3.8, 4) is 0 Å². The molecule has 6 heteroatoms. The molecule has 0 saturated carbocycles. The van der Waals surface area contributed by atoms with Gasteiger partial charge in [0, 0.05) is 36.0 Å². The Hall–Kier alpha value is -2.34. The first kappa shape index (κ1) is 15.6. The molecular weight excluding hydrogens is 310 g/mol. The summed E-state index contributed by atoms with van der Waals surface area (Å²) in [4.78, 5) is 26.8. The predicted molar refractivity (Wildman–Crippen MR) is 91.5 cm³/mol. The first-order valence-electron chi connectivity index (χ1n) is 7.62. The van der Waals surface area contributed by atoms with Crippen molar-refractivity contribution in [1.29, 1.82) is 0 Å². The lowest BCUT2D eigenvalue weighted by atomic mass is 10.1. The Kier molecular flexibility index (Phi) is 4.92. The Bertz CT molecular complexity index is 658. The van der Waals surface area contributed by atoms with Gasteiger partial charge in [-0.2, -0.15) is 0 Å². The maximum Gasteiger partial charge on any atom is 0.315 e. The smallest absolute Gasteiger partial charge is 0.315 e. The number of nitrogens with one attached hydrogen (secondary N) is 2. The van der Waals surface area contributed by atoms with Crippen molar-refractivity contribution >= 4 is 29.0 Å². The van der Waals surface area contributed by atoms with Crippen LogP contribution in [0.4, 0.5) is 10.5 Å². The van der Waals surface area contributed by atoms with Gasteiger partial charge < -0.3 is 15.5 Å². The van der Waals surface area contributed by atoms with Gasteiger partial charge in [-0.1, -0.05) is 24.3 Å². The van der Waals surface area contributed by atoms with E-state index < -0.39 is 0 Å². The molecule has 1 atom stereocenters. The molecule has 0 bridgehead atoms. The highest BCUT2D eigenvalue weighted by Crippen LogP contribution is 2.24. The standard InChI is InChI=1S/C17H19N3O2S/c21-16-9-13(12-20(16)14-5-2-1-3-6-14)10-18-17(22)19-11-15-7-4-8-23-15/h1-8,13H,9-12H2,(H2,18,19,22). The van der Waals surface area contributed by atoms with Crippen molar-refractivity contribution in [3.05, 3.63) is 52.7 Å². The molecule has 23 heavy (non-hydrogen) atoms. The van der Waals surface area contributed by atoms with E-state index in [1.807, 2.05) is 47.8 Å². The summed E-state index contributed by atoms with van der Waals surface area (Å²) in [5.41, 5.74) is 0.919. The zero-order valence-electron chi connectivity index (χ0n) is 12.7. The van der Waals surface area contributed by atoms with Gasteiger partial charge >= 0.3 is 6.03 Å². The number of amides is 3. The van der Waals surface area contributed by atoms with Crippen molar-refractivity contribution in [2.75, 3.05) is 18.0 Å². The average molecular weight is 329 g/mol. The Balaban J connectivity index is 1.44. The first-order chi connectivity index (χ1) is 11.2. The SMILES string of the molecule is O=C(NCc1cccs1)NCC1CC(=O)N(c2ccccc2)C1. The summed E-state index contributed by atoms with van der Waals surface area (Å²) in [6.07, 6.45) is 0.472. The lowest BCUT2D eigenvalue weighted by Crippen LogP contribution is -2.38. The Morgan fingerprint density at radius 3 is 2.74 bits per heavy atom. The number of carbonyl (C=O) groups excluding carboxylic acids is 2. The third kappa shape index (κ3) is 4.10. The largest absolute Gasteiger partial charge is 0.338 e. The Labute approximate surface area is 139 Å². The molecule has 2 N–H and O–H groups in total. The van der Waals surface area contributed by atoms with Crippen LogP contribution in [-0.2, 0) is 11.3 Å². The van der Waals surface area contributed by atoms with Crippen molar-refractivity contribution < 1.29 is 9.59 Å². The average Bonchev–Trinajstić information content (AvgIpc) is 3.21. The molecule has 1 aliphatic rings. The second-order valence-corrected chi connectivity index (χ2v) is 6.59. The zero-order chi connectivity index (χ0) is 16.1. The lowest BCUT2D eigenvalue weighted by Gasteiger charge is -2.17. The second kappa shape index (κ2) is 7.28. The second-order valence-electron chi connectivity index (χ2n) is 5.55. The maximum atomic E-state index is 12.1. The fraction of sp³-hybridized carbons (Fsp3) is 0.294. The molecule has 120 valence electrons. The summed E-state index contributed by atoms with van der Waals surface area (Å²) in [6.45, 7) is 1.68. The van der Waals surface area contributed by atoms with Crippen LogP contribution in [0.15, 0.2) is 47.8 Å². The Morgan fingerprint density at radius 2 is 2.00 bits per heavy atom. The molecule has 1 unspecified atom stereocenters. The van der Waals surface area contributed by atoms with Crippen LogP contribution in [0.1, 0.15) is 11.3 Å². The summed E-state index contributed by atoms with van der Waals surface area (Å²) in [5, 5.41) is 7.66. The van der Waals surface area contributed by atoms with Crippen molar-refractivity contribution in [3.63, 3.8) is 0 Å². The van der Waals surface area contributed by atoms with Crippen molar-refractivity contribution in [2.24, 2.45) is 5.92 Å². The molecule has 1 aromatic heterocycles. The number of benzene rings is 1. The normalized spacial score (nSPS) is 17.3. The van der Waals surface area contributed by atoms with Gasteiger partial charge in [0.25, 0.3) is 0 Å². The van der Waals surface area contributed by atoms with Gasteiger partial charge in [0.2, 0.25) is 5.91 Å². The van der Waals surface area contributed by atoms with Crippen LogP contribution in [0.5, 0.6) is 0 Å². The minimum atomic E-state index is -0.191. The van der Waals surface area contributed by atoms with Gasteiger partial charge in [0.1, 0.15) is 0 Å². The number of para-hydroxylation sites is 1. The summed E-state index contributed by atoms with van der Waals surface area (Å²) >= 11 is 1.61. The molecule has 3 amide bonds. The van der Waals surface area contributed by atoms with Crippen LogP contribution in [0.25, 0.3) is 0 Å². The number of carbonyl (C=O) groups is 2. The van der Waals surface area contributed by atoms with E-state index in [-0.39, 0.29) is 17.9 Å². The minimum absolute atomic E-state index is 0.113. The van der Waals surface area contributed by atoms with Gasteiger partial charge in [-0.25, -0.2) is 4.79 Å². The summed E-state index contributed by atoms with van der Waals surface area (Å²) in [5.74, 6) is 0.261. The third-order valence-electron chi connectivity index (χ3n) is 3.83. The number of urea groups is 1. The van der Waals surface area contributed by atoms with Crippen LogP contribution >= 0.6 is 11.3 Å². The van der Waals surface area contributed by atoms with Crippen LogP contribution in [-0.4, -0.2) is 25.0 Å². The van der Waals surface area contributed by atoms with E-state index in [1.54, 1.807) is 16.2 Å². The number of hydrogen-bond acceptors (Lipinski definition) is 3. The molecule has 0 aliphatic carbocycles. The predicted octanol–water partition coefficient (Wildman–Crippen LogP) is 2.60. The van der Waals surface area contributed by atoms with Crippen LogP contribution < -0.4 is 15.5 Å². The monoisotopic (exact) mass is 329 g/mol. The van der Waals surface area contributed by atoms with E-state index in [2.05, 4.69) is 10.6 Å². The van der Waals surface area contributed by atoms with Crippen LogP contribution in [0.2, 0.25) is 0 Å². The van der Waals surface area contributed by atoms with E-state index in [1.165, 1.54) is 0 Å². The molecule has 1 aliphatic heterocycles. The van der Waals surface area contributed by atoms with Crippen molar-refractivity contribution in [2.45, 2.75) is 13.0 Å². The summed E-state index contributed by atoms with van der Waals surface area (Å²) in [6, 6.07) is 13.4. The molecule has 0 spiro atoms. The fourth-order valence-electron chi connectivity index (χ4n) is 2.66. The minimum Gasteiger partial charge on any atom is -0.338 e. The third-order valence-corrected chi connectivity index (χ3v) is 4.70. The molecule has 0 radical (unpaired) electrons. The first-order valence-corrected chi connectivity index (χ1v) is 8.50. The maximum absolute atomic E-state index is 12.1. The highest BCUT2D eigenvalue weighted by molar-refractivity contribution is 7.09. The van der Waals surface area contributed by atoms with E-state index in [0.717, 1.165) is 10.6 Å². The topological polar surface area (TPSA) is 61.4 Å². The summed E-state index contributed by atoms with van der Waals surface area (Å²) < 4.78 is 0. The van der Waals surface area contributed by atoms with E-state index in [9.17, 15) is 9.59 Å². The quantitative estimate of drug-likeness (QED) is 0.886. The van der Waals surface area contributed by atoms with Gasteiger partial charge in [0.15, 0.2) is 0 Å².